The van der Waals surface area contributed by atoms with Gasteiger partial charge in [0.1, 0.15) is 0 Å². The second-order valence-corrected chi connectivity index (χ2v) is 8.31. The third kappa shape index (κ3) is 4.73. The molecule has 1 nitrogen and oxygen atoms in total. The molecule has 0 heterocycles. The minimum atomic E-state index is 0.0697. The Balaban J connectivity index is 1.91. The number of hydrogen-bond donors (Lipinski definition) is 0. The summed E-state index contributed by atoms with van der Waals surface area (Å²) in [6.45, 7) is 4.43. The molecule has 4 rings (SSSR count). The van der Waals surface area contributed by atoms with Gasteiger partial charge in [0.05, 0.1) is 0 Å². The molecule has 0 bridgehead atoms. The van der Waals surface area contributed by atoms with E-state index in [9.17, 15) is 4.79 Å². The van der Waals surface area contributed by atoms with E-state index in [1.54, 1.807) is 0 Å². The first-order chi connectivity index (χ1) is 15.7. The van der Waals surface area contributed by atoms with Crippen LogP contribution in [0.5, 0.6) is 0 Å². The average Bonchev–Trinajstić information content (AvgIpc) is 2.85. The fourth-order valence-corrected chi connectivity index (χ4v) is 4.35. The van der Waals surface area contributed by atoms with Crippen LogP contribution < -0.4 is 0 Å². The summed E-state index contributed by atoms with van der Waals surface area (Å²) >= 11 is 0. The zero-order chi connectivity index (χ0) is 22.3. The van der Waals surface area contributed by atoms with Crippen molar-refractivity contribution < 1.29 is 4.79 Å². The molecule has 0 aromatic heterocycles. The first-order valence-corrected chi connectivity index (χ1v) is 11.6. The summed E-state index contributed by atoms with van der Waals surface area (Å²) in [5, 5.41) is 0. The van der Waals surface area contributed by atoms with Crippen molar-refractivity contribution in [2.24, 2.45) is 0 Å². The highest BCUT2D eigenvalue weighted by Gasteiger charge is 2.18. The van der Waals surface area contributed by atoms with Crippen molar-refractivity contribution in [3.8, 4) is 22.3 Å². The van der Waals surface area contributed by atoms with E-state index in [1.807, 2.05) is 42.5 Å². The van der Waals surface area contributed by atoms with Crippen molar-refractivity contribution in [2.75, 3.05) is 0 Å². The number of carbonyl (C=O) groups excluding carboxylic acids is 1. The van der Waals surface area contributed by atoms with E-state index in [2.05, 4.69) is 68.4 Å². The fraction of sp³-hybridized carbons (Fsp3) is 0.194. The normalized spacial score (nSPS) is 10.8. The molecule has 0 atom stereocenters. The zero-order valence-electron chi connectivity index (χ0n) is 19.0. The van der Waals surface area contributed by atoms with Crippen LogP contribution in [0.3, 0.4) is 0 Å². The van der Waals surface area contributed by atoms with Crippen molar-refractivity contribution in [1.82, 2.24) is 0 Å². The topological polar surface area (TPSA) is 17.1 Å². The van der Waals surface area contributed by atoms with E-state index in [-0.39, 0.29) is 5.78 Å². The van der Waals surface area contributed by atoms with Crippen molar-refractivity contribution in [3.63, 3.8) is 0 Å². The van der Waals surface area contributed by atoms with Gasteiger partial charge in [-0.1, -0.05) is 112 Å². The molecule has 0 aliphatic carbocycles. The maximum atomic E-state index is 13.5. The Morgan fingerprint density at radius 2 is 1.31 bits per heavy atom. The van der Waals surface area contributed by atoms with Gasteiger partial charge in [-0.05, 0) is 58.4 Å². The molecule has 0 aliphatic heterocycles. The third-order valence-electron chi connectivity index (χ3n) is 5.93. The number of rotatable bonds is 8. The molecule has 0 aliphatic rings. The van der Waals surface area contributed by atoms with E-state index in [1.165, 1.54) is 16.7 Å². The molecule has 0 unspecified atom stereocenters. The number of aryl methyl sites for hydroxylation is 2. The number of ketones is 1. The van der Waals surface area contributed by atoms with E-state index in [0.717, 1.165) is 53.5 Å². The lowest BCUT2D eigenvalue weighted by Gasteiger charge is -2.17. The van der Waals surface area contributed by atoms with Gasteiger partial charge in [0.2, 0.25) is 0 Å². The molecule has 0 N–H and O–H groups in total. The third-order valence-corrected chi connectivity index (χ3v) is 5.93. The van der Waals surface area contributed by atoms with Crippen LogP contribution in [0.4, 0.5) is 0 Å². The van der Waals surface area contributed by atoms with Gasteiger partial charge >= 0.3 is 0 Å². The molecular weight excluding hydrogens is 388 g/mol. The predicted molar refractivity (Wildman–Crippen MR) is 135 cm³/mol. The van der Waals surface area contributed by atoms with Crippen LogP contribution in [0.15, 0.2) is 97.1 Å². The highest BCUT2D eigenvalue weighted by molar-refractivity contribution is 6.13. The average molecular weight is 419 g/mol. The molecule has 0 saturated carbocycles. The van der Waals surface area contributed by atoms with Gasteiger partial charge < -0.3 is 0 Å². The summed E-state index contributed by atoms with van der Waals surface area (Å²) in [5.74, 6) is 0.0697. The molecule has 160 valence electrons. The van der Waals surface area contributed by atoms with Gasteiger partial charge in [-0.15, -0.1) is 0 Å². The van der Waals surface area contributed by atoms with Gasteiger partial charge in [-0.25, -0.2) is 0 Å². The van der Waals surface area contributed by atoms with E-state index >= 15 is 0 Å². The van der Waals surface area contributed by atoms with Crippen LogP contribution in [0.1, 0.15) is 53.7 Å². The monoisotopic (exact) mass is 418 g/mol. The largest absolute Gasteiger partial charge is 0.289 e. The van der Waals surface area contributed by atoms with Gasteiger partial charge in [0, 0.05) is 11.1 Å². The van der Waals surface area contributed by atoms with Gasteiger partial charge in [0.25, 0.3) is 0 Å². The Labute approximate surface area is 191 Å². The van der Waals surface area contributed by atoms with Crippen molar-refractivity contribution in [3.05, 3.63) is 119 Å². The van der Waals surface area contributed by atoms with Crippen molar-refractivity contribution in [1.29, 1.82) is 0 Å². The SMILES string of the molecule is CCCc1ccc(-c2cc(-c3ccccc3)ccc2C(=O)c2ccccc2)c(CCC)c1. The summed E-state index contributed by atoms with van der Waals surface area (Å²) in [7, 11) is 0. The lowest BCUT2D eigenvalue weighted by Crippen LogP contribution is -2.05. The minimum absolute atomic E-state index is 0.0697. The quantitative estimate of drug-likeness (QED) is 0.264. The van der Waals surface area contributed by atoms with Crippen LogP contribution in [-0.4, -0.2) is 5.78 Å². The van der Waals surface area contributed by atoms with Crippen LogP contribution >= 0.6 is 0 Å². The summed E-state index contributed by atoms with van der Waals surface area (Å²) in [4.78, 5) is 13.5. The predicted octanol–water partition coefficient (Wildman–Crippen LogP) is 8.16. The van der Waals surface area contributed by atoms with E-state index in [0.29, 0.717) is 0 Å². The maximum absolute atomic E-state index is 13.5. The summed E-state index contributed by atoms with van der Waals surface area (Å²) in [6.07, 6.45) is 4.29. The number of hydrogen-bond acceptors (Lipinski definition) is 1. The number of benzene rings is 4. The summed E-state index contributed by atoms with van der Waals surface area (Å²) < 4.78 is 0. The Bertz CT molecular complexity index is 1190. The first-order valence-electron chi connectivity index (χ1n) is 11.6. The van der Waals surface area contributed by atoms with Crippen molar-refractivity contribution >= 4 is 5.78 Å². The Kier molecular flexibility index (Phi) is 6.97. The molecule has 0 spiro atoms. The Hall–Kier alpha value is -3.45. The van der Waals surface area contributed by atoms with Gasteiger partial charge in [0.15, 0.2) is 5.78 Å². The lowest BCUT2D eigenvalue weighted by molar-refractivity contribution is 0.103. The summed E-state index contributed by atoms with van der Waals surface area (Å²) in [5.41, 5.74) is 8.66. The molecular formula is C31H30O. The molecule has 0 amide bonds. The maximum Gasteiger partial charge on any atom is 0.193 e. The smallest absolute Gasteiger partial charge is 0.193 e. The minimum Gasteiger partial charge on any atom is -0.289 e. The van der Waals surface area contributed by atoms with Gasteiger partial charge in [-0.2, -0.15) is 0 Å². The van der Waals surface area contributed by atoms with E-state index < -0.39 is 0 Å². The Morgan fingerprint density at radius 3 is 2.00 bits per heavy atom. The fourth-order valence-electron chi connectivity index (χ4n) is 4.35. The lowest BCUT2D eigenvalue weighted by atomic mass is 9.87. The standard InChI is InChI=1S/C31H30O/c1-3-11-23-17-19-28(27(21-23)12-4-2)30-22-26(24-13-7-5-8-14-24)18-20-29(30)31(32)25-15-9-6-10-16-25/h5-10,13-22H,3-4,11-12H2,1-2H3. The number of carbonyl (C=O) groups is 1. The molecule has 0 saturated heterocycles. The molecule has 0 fully saturated rings. The molecule has 0 radical (unpaired) electrons. The van der Waals surface area contributed by atoms with Gasteiger partial charge in [-0.3, -0.25) is 4.79 Å². The molecule has 1 heteroatoms. The first kappa shape index (κ1) is 21.8. The highest BCUT2D eigenvalue weighted by Crippen LogP contribution is 2.34. The second-order valence-electron chi connectivity index (χ2n) is 8.31. The molecule has 32 heavy (non-hydrogen) atoms. The highest BCUT2D eigenvalue weighted by atomic mass is 16.1. The van der Waals surface area contributed by atoms with Crippen LogP contribution in [0.2, 0.25) is 0 Å². The second kappa shape index (κ2) is 10.2. The van der Waals surface area contributed by atoms with Crippen LogP contribution in [0, 0.1) is 0 Å². The zero-order valence-corrected chi connectivity index (χ0v) is 19.0. The molecule has 4 aromatic carbocycles. The Morgan fingerprint density at radius 1 is 0.625 bits per heavy atom. The van der Waals surface area contributed by atoms with E-state index in [4.69, 9.17) is 0 Å². The summed E-state index contributed by atoms with van der Waals surface area (Å²) in [6, 6.07) is 33.0. The van der Waals surface area contributed by atoms with Crippen molar-refractivity contribution in [2.45, 2.75) is 39.5 Å². The van der Waals surface area contributed by atoms with Crippen LogP contribution in [0.25, 0.3) is 22.3 Å². The van der Waals surface area contributed by atoms with Crippen LogP contribution in [-0.2, 0) is 12.8 Å². The molecule has 4 aromatic rings.